The fourth-order valence-corrected chi connectivity index (χ4v) is 5.26. The van der Waals surface area contributed by atoms with Gasteiger partial charge in [-0.2, -0.15) is 8.42 Å². The summed E-state index contributed by atoms with van der Waals surface area (Å²) in [6.45, 7) is 2.14. The molecule has 2 aliphatic rings. The summed E-state index contributed by atoms with van der Waals surface area (Å²) >= 11 is 0. The average molecular weight is 485 g/mol. The van der Waals surface area contributed by atoms with Crippen LogP contribution in [0.25, 0.3) is 0 Å². The highest BCUT2D eigenvalue weighted by atomic mass is 32.2. The van der Waals surface area contributed by atoms with E-state index in [-0.39, 0.29) is 10.5 Å². The van der Waals surface area contributed by atoms with Gasteiger partial charge in [0.1, 0.15) is 10.7 Å². The molecule has 0 spiro atoms. The van der Waals surface area contributed by atoms with Crippen LogP contribution in [0, 0.1) is 0 Å². The lowest BCUT2D eigenvalue weighted by atomic mass is 10.1. The number of carbonyl (C=O) groups excluding carboxylic acids is 2. The van der Waals surface area contributed by atoms with Crippen molar-refractivity contribution in [3.8, 4) is 0 Å². The van der Waals surface area contributed by atoms with Crippen molar-refractivity contribution in [1.29, 1.82) is 0 Å². The lowest BCUT2D eigenvalue weighted by molar-refractivity contribution is -0.123. The summed E-state index contributed by atoms with van der Waals surface area (Å²) in [6.07, 6.45) is 2.36. The van der Waals surface area contributed by atoms with E-state index in [2.05, 4.69) is 9.71 Å². The molecule has 9 nitrogen and oxygen atoms in total. The molecule has 180 valence electrons. The molecule has 1 amide bonds. The highest BCUT2D eigenvalue weighted by molar-refractivity contribution is 7.90. The van der Waals surface area contributed by atoms with E-state index < -0.39 is 28.0 Å². The van der Waals surface area contributed by atoms with Gasteiger partial charge in [-0.25, -0.2) is 4.79 Å². The van der Waals surface area contributed by atoms with E-state index in [1.54, 1.807) is 18.2 Å². The van der Waals surface area contributed by atoms with E-state index in [1.165, 1.54) is 19.1 Å². The first-order valence-corrected chi connectivity index (χ1v) is 12.6. The van der Waals surface area contributed by atoms with E-state index in [0.717, 1.165) is 24.9 Å². The first kappa shape index (κ1) is 23.7. The van der Waals surface area contributed by atoms with Crippen molar-refractivity contribution in [3.63, 3.8) is 0 Å². The Kier molecular flexibility index (Phi) is 6.60. The second-order valence-electron chi connectivity index (χ2n) is 8.61. The Balaban J connectivity index is 1.47. The molecule has 2 aromatic rings. The van der Waals surface area contributed by atoms with Gasteiger partial charge in [-0.05, 0) is 62.2 Å². The number of rotatable bonds is 5. The summed E-state index contributed by atoms with van der Waals surface area (Å²) in [4.78, 5) is 29.0. The number of anilines is 3. The van der Waals surface area contributed by atoms with Crippen LogP contribution >= 0.6 is 0 Å². The predicted molar refractivity (Wildman–Crippen MR) is 131 cm³/mol. The summed E-state index contributed by atoms with van der Waals surface area (Å²) in [5.41, 5.74) is 2.13. The summed E-state index contributed by atoms with van der Waals surface area (Å²) in [5.74, 6) is -0.728. The second kappa shape index (κ2) is 9.46. The van der Waals surface area contributed by atoms with Crippen LogP contribution in [0.2, 0.25) is 0 Å². The van der Waals surface area contributed by atoms with Gasteiger partial charge < -0.3 is 19.9 Å². The Morgan fingerprint density at radius 3 is 2.53 bits per heavy atom. The number of sulfonamides is 1. The molecule has 0 aromatic heterocycles. The van der Waals surface area contributed by atoms with Gasteiger partial charge in [0.25, 0.3) is 15.9 Å². The van der Waals surface area contributed by atoms with Gasteiger partial charge >= 0.3 is 5.97 Å². The standard InChI is InChI=1S/C24H28N4O5S/c1-16(23(29)25-18-9-11-19(12-10-18)27(2)3)33-24(30)17-8-13-20-21(15-17)34(31,32)26-22-7-5-4-6-14-28(20)22/h8-13,15-16H,4-7,14H2,1-3H3,(H,25,29)/t16-/m0/s1. The maximum absolute atomic E-state index is 12.8. The zero-order valence-electron chi connectivity index (χ0n) is 19.4. The maximum atomic E-state index is 12.8. The molecule has 2 aliphatic heterocycles. The number of esters is 1. The van der Waals surface area contributed by atoms with Crippen molar-refractivity contribution < 1.29 is 22.7 Å². The number of nitrogens with one attached hydrogen (secondary N) is 1. The van der Waals surface area contributed by atoms with Gasteiger partial charge in [-0.1, -0.05) is 6.42 Å². The van der Waals surface area contributed by atoms with Gasteiger partial charge in [0.15, 0.2) is 6.10 Å². The molecule has 10 heteroatoms. The monoisotopic (exact) mass is 484 g/mol. The van der Waals surface area contributed by atoms with Crippen LogP contribution in [0.15, 0.2) is 51.8 Å². The third-order valence-corrected chi connectivity index (χ3v) is 7.22. The molecule has 4 rings (SSSR count). The number of ether oxygens (including phenoxy) is 1. The number of nitrogens with zero attached hydrogens (tertiary/aromatic N) is 3. The molecule has 0 saturated carbocycles. The highest BCUT2D eigenvalue weighted by Gasteiger charge is 2.32. The molecule has 1 atom stereocenters. The van der Waals surface area contributed by atoms with Crippen LogP contribution in [-0.4, -0.2) is 52.9 Å². The molecule has 2 aromatic carbocycles. The molecule has 34 heavy (non-hydrogen) atoms. The van der Waals surface area contributed by atoms with Crippen molar-refractivity contribution in [2.75, 3.05) is 35.8 Å². The number of amides is 1. The zero-order chi connectivity index (χ0) is 24.5. The Hall–Kier alpha value is -3.40. The van der Waals surface area contributed by atoms with Crippen LogP contribution in [0.5, 0.6) is 0 Å². The molecular formula is C24H28N4O5S. The predicted octanol–water partition coefficient (Wildman–Crippen LogP) is 3.42. The van der Waals surface area contributed by atoms with Crippen molar-refractivity contribution >= 4 is 44.8 Å². The zero-order valence-corrected chi connectivity index (χ0v) is 20.3. The molecule has 0 radical (unpaired) electrons. The SMILES string of the molecule is C[C@H](OC(=O)c1ccc2c(c1)S(=O)(=O)N=C1CCCCCN12)C(=O)Nc1ccc(N(C)C)cc1. The number of carbonyl (C=O) groups is 2. The Labute approximate surface area is 199 Å². The highest BCUT2D eigenvalue weighted by Crippen LogP contribution is 2.35. The molecule has 1 saturated heterocycles. The minimum atomic E-state index is -3.92. The minimum absolute atomic E-state index is 0.0225. The quantitative estimate of drug-likeness (QED) is 0.648. The maximum Gasteiger partial charge on any atom is 0.338 e. The summed E-state index contributed by atoms with van der Waals surface area (Å²) in [7, 11) is -0.0903. The van der Waals surface area contributed by atoms with Gasteiger partial charge in [0.05, 0.1) is 11.3 Å². The summed E-state index contributed by atoms with van der Waals surface area (Å²) in [5, 5.41) is 2.71. The van der Waals surface area contributed by atoms with Crippen molar-refractivity contribution in [2.24, 2.45) is 4.40 Å². The Morgan fingerprint density at radius 2 is 1.82 bits per heavy atom. The molecule has 0 aliphatic carbocycles. The van der Waals surface area contributed by atoms with Crippen LogP contribution < -0.4 is 15.1 Å². The van der Waals surface area contributed by atoms with E-state index >= 15 is 0 Å². The number of amidine groups is 1. The Bertz CT molecular complexity index is 1240. The normalized spacial score (nSPS) is 17.4. The summed E-state index contributed by atoms with van der Waals surface area (Å²) < 4.78 is 34.9. The topological polar surface area (TPSA) is 108 Å². The van der Waals surface area contributed by atoms with Gasteiger partial charge in [0, 0.05) is 38.4 Å². The first-order chi connectivity index (χ1) is 16.2. The van der Waals surface area contributed by atoms with Crippen molar-refractivity contribution in [2.45, 2.75) is 43.6 Å². The van der Waals surface area contributed by atoms with E-state index in [0.29, 0.717) is 30.2 Å². The van der Waals surface area contributed by atoms with Crippen LogP contribution in [0.3, 0.4) is 0 Å². The second-order valence-corrected chi connectivity index (χ2v) is 10.2. The molecular weight excluding hydrogens is 456 g/mol. The lowest BCUT2D eigenvalue weighted by Gasteiger charge is -2.29. The van der Waals surface area contributed by atoms with Crippen molar-refractivity contribution in [3.05, 3.63) is 48.0 Å². The number of hydrogen-bond acceptors (Lipinski definition) is 7. The fourth-order valence-electron chi connectivity index (χ4n) is 3.98. The number of hydrogen-bond donors (Lipinski definition) is 1. The summed E-state index contributed by atoms with van der Waals surface area (Å²) in [6, 6.07) is 11.6. The minimum Gasteiger partial charge on any atom is -0.449 e. The number of benzene rings is 2. The van der Waals surface area contributed by atoms with Gasteiger partial charge in [-0.3, -0.25) is 4.79 Å². The third kappa shape index (κ3) is 4.91. The van der Waals surface area contributed by atoms with Crippen molar-refractivity contribution in [1.82, 2.24) is 0 Å². The van der Waals surface area contributed by atoms with E-state index in [4.69, 9.17) is 4.74 Å². The van der Waals surface area contributed by atoms with Crippen LogP contribution in [0.4, 0.5) is 17.1 Å². The first-order valence-electron chi connectivity index (χ1n) is 11.2. The van der Waals surface area contributed by atoms with E-state index in [1.807, 2.05) is 36.0 Å². The van der Waals surface area contributed by atoms with E-state index in [9.17, 15) is 18.0 Å². The molecule has 0 unspecified atom stereocenters. The molecule has 1 fully saturated rings. The molecule has 2 heterocycles. The average Bonchev–Trinajstić information content (AvgIpc) is 3.04. The molecule has 0 bridgehead atoms. The van der Waals surface area contributed by atoms with Crippen LogP contribution in [-0.2, 0) is 19.6 Å². The van der Waals surface area contributed by atoms with Gasteiger partial charge in [0.2, 0.25) is 0 Å². The number of fused-ring (bicyclic) bond motifs is 3. The largest absolute Gasteiger partial charge is 0.449 e. The van der Waals surface area contributed by atoms with Crippen LogP contribution in [0.1, 0.15) is 43.0 Å². The van der Waals surface area contributed by atoms with Gasteiger partial charge in [-0.15, -0.1) is 4.40 Å². The fraction of sp³-hybridized carbons (Fsp3) is 0.375. The molecule has 1 N–H and O–H groups in total. The smallest absolute Gasteiger partial charge is 0.338 e. The third-order valence-electron chi connectivity index (χ3n) is 5.89. The Morgan fingerprint density at radius 1 is 1.09 bits per heavy atom. The lowest BCUT2D eigenvalue weighted by Crippen LogP contribution is -2.35.